The molecule has 0 aliphatic rings. The van der Waals surface area contributed by atoms with Crippen molar-refractivity contribution in [3.05, 3.63) is 70.5 Å². The molecule has 0 spiro atoms. The predicted molar refractivity (Wildman–Crippen MR) is 135 cm³/mol. The summed E-state index contributed by atoms with van der Waals surface area (Å²) >= 11 is 6.25. The molecule has 0 bridgehead atoms. The van der Waals surface area contributed by atoms with Crippen LogP contribution in [0.1, 0.15) is 23.7 Å². The van der Waals surface area contributed by atoms with E-state index < -0.39 is 0 Å². The van der Waals surface area contributed by atoms with E-state index in [2.05, 4.69) is 15.6 Å². The first-order valence-corrected chi connectivity index (χ1v) is 10.8. The lowest BCUT2D eigenvalue weighted by atomic mass is 10.1. The maximum Gasteiger partial charge on any atom is 0.248 e. The Labute approximate surface area is 198 Å². The molecule has 0 saturated carbocycles. The molecule has 0 unspecified atom stereocenters. The second-order valence-electron chi connectivity index (χ2n) is 7.30. The Bertz CT molecular complexity index is 1190. The highest BCUT2D eigenvalue weighted by Gasteiger charge is 2.11. The van der Waals surface area contributed by atoms with Crippen molar-refractivity contribution >= 4 is 46.3 Å². The van der Waals surface area contributed by atoms with Gasteiger partial charge in [-0.1, -0.05) is 18.5 Å². The van der Waals surface area contributed by atoms with E-state index >= 15 is 0 Å². The minimum atomic E-state index is -0.347. The number of benzene rings is 2. The number of ether oxygens (including phenoxy) is 2. The first-order chi connectivity index (χ1) is 15.9. The first-order valence-electron chi connectivity index (χ1n) is 10.4. The number of halogens is 1. The van der Waals surface area contributed by atoms with E-state index in [1.807, 2.05) is 38.1 Å². The molecule has 1 amide bonds. The lowest BCUT2D eigenvalue weighted by molar-refractivity contribution is -0.111. The van der Waals surface area contributed by atoms with Gasteiger partial charge in [-0.15, -0.1) is 0 Å². The van der Waals surface area contributed by atoms with E-state index in [0.29, 0.717) is 33.6 Å². The van der Waals surface area contributed by atoms with Gasteiger partial charge in [0.1, 0.15) is 0 Å². The van der Waals surface area contributed by atoms with Crippen molar-refractivity contribution in [1.82, 2.24) is 4.98 Å². The van der Waals surface area contributed by atoms with Gasteiger partial charge in [0.05, 0.1) is 37.0 Å². The molecule has 2 aromatic carbocycles. The number of rotatable bonds is 8. The zero-order valence-corrected chi connectivity index (χ0v) is 19.8. The summed E-state index contributed by atoms with van der Waals surface area (Å²) in [6.07, 6.45) is 5.44. The van der Waals surface area contributed by atoms with Crippen LogP contribution in [-0.2, 0) is 11.2 Å². The molecule has 4 N–H and O–H groups in total. The van der Waals surface area contributed by atoms with Crippen LogP contribution >= 0.6 is 11.6 Å². The van der Waals surface area contributed by atoms with Gasteiger partial charge < -0.3 is 25.8 Å². The van der Waals surface area contributed by atoms with Crippen LogP contribution in [0.2, 0.25) is 5.02 Å². The molecule has 0 aliphatic carbocycles. The van der Waals surface area contributed by atoms with E-state index in [4.69, 9.17) is 26.8 Å². The maximum atomic E-state index is 12.5. The molecule has 0 aliphatic heterocycles. The number of aromatic nitrogens is 1. The number of nitrogens with two attached hydrogens (primary N) is 1. The van der Waals surface area contributed by atoms with Crippen LogP contribution in [0.3, 0.4) is 0 Å². The van der Waals surface area contributed by atoms with Crippen molar-refractivity contribution in [2.75, 3.05) is 30.6 Å². The fraction of sp³-hybridized carbons (Fsp3) is 0.200. The smallest absolute Gasteiger partial charge is 0.248 e. The molecule has 33 heavy (non-hydrogen) atoms. The van der Waals surface area contributed by atoms with E-state index in [1.165, 1.54) is 6.08 Å². The van der Waals surface area contributed by atoms with Gasteiger partial charge in [-0.05, 0) is 60.9 Å². The first kappa shape index (κ1) is 23.9. The third kappa shape index (κ3) is 5.75. The topological polar surface area (TPSA) is 98.5 Å². The summed E-state index contributed by atoms with van der Waals surface area (Å²) in [5, 5.41) is 6.65. The molecular weight excluding hydrogens is 440 g/mol. The summed E-state index contributed by atoms with van der Waals surface area (Å²) in [6.45, 7) is 3.93. The SMILES string of the molecule is CCc1cc(N)c(NC(=O)/C=C/c2ncccc2Nc2cc(C)c(OC)c(OC)c2)cc1Cl. The number of hydrogen-bond donors (Lipinski definition) is 3. The minimum absolute atomic E-state index is 0.347. The van der Waals surface area contributed by atoms with E-state index in [0.717, 1.165) is 28.9 Å². The molecule has 0 atom stereocenters. The Morgan fingerprint density at radius 1 is 1.18 bits per heavy atom. The van der Waals surface area contributed by atoms with Gasteiger partial charge in [0.2, 0.25) is 5.91 Å². The van der Waals surface area contributed by atoms with Crippen LogP contribution in [-0.4, -0.2) is 25.1 Å². The zero-order chi connectivity index (χ0) is 24.0. The predicted octanol–water partition coefficient (Wildman–Crippen LogP) is 5.60. The van der Waals surface area contributed by atoms with Gasteiger partial charge in [0.25, 0.3) is 0 Å². The fourth-order valence-electron chi connectivity index (χ4n) is 3.38. The number of hydrogen-bond acceptors (Lipinski definition) is 6. The minimum Gasteiger partial charge on any atom is -0.493 e. The molecule has 0 radical (unpaired) electrons. The Kier molecular flexibility index (Phi) is 7.79. The molecule has 1 heterocycles. The molecule has 0 fully saturated rings. The third-order valence-corrected chi connectivity index (χ3v) is 5.38. The van der Waals surface area contributed by atoms with Gasteiger partial charge in [0.15, 0.2) is 11.5 Å². The number of nitrogens with one attached hydrogen (secondary N) is 2. The number of carbonyl (C=O) groups is 1. The highest BCUT2D eigenvalue weighted by atomic mass is 35.5. The number of amides is 1. The van der Waals surface area contributed by atoms with Crippen molar-refractivity contribution in [3.8, 4) is 11.5 Å². The van der Waals surface area contributed by atoms with Crippen LogP contribution in [0.15, 0.2) is 48.7 Å². The summed E-state index contributed by atoms with van der Waals surface area (Å²) in [5.41, 5.74) is 10.9. The largest absolute Gasteiger partial charge is 0.493 e. The molecule has 8 heteroatoms. The normalized spacial score (nSPS) is 10.8. The number of carbonyl (C=O) groups excluding carboxylic acids is 1. The molecule has 172 valence electrons. The summed E-state index contributed by atoms with van der Waals surface area (Å²) in [6, 6.07) is 10.9. The molecule has 1 aromatic heterocycles. The Hall–Kier alpha value is -3.71. The van der Waals surface area contributed by atoms with E-state index in [9.17, 15) is 4.79 Å². The Balaban J connectivity index is 1.79. The van der Waals surface area contributed by atoms with Gasteiger partial charge in [-0.2, -0.15) is 0 Å². The third-order valence-electron chi connectivity index (χ3n) is 5.03. The fourth-order valence-corrected chi connectivity index (χ4v) is 3.68. The summed E-state index contributed by atoms with van der Waals surface area (Å²) in [5.74, 6) is 0.948. The number of anilines is 4. The number of nitrogen functional groups attached to an aromatic ring is 1. The van der Waals surface area contributed by atoms with Crippen LogP contribution in [0.5, 0.6) is 11.5 Å². The van der Waals surface area contributed by atoms with Crippen molar-refractivity contribution in [1.29, 1.82) is 0 Å². The number of aryl methyl sites for hydroxylation is 2. The zero-order valence-electron chi connectivity index (χ0n) is 19.0. The van der Waals surface area contributed by atoms with Crippen LogP contribution in [0.25, 0.3) is 6.08 Å². The van der Waals surface area contributed by atoms with Crippen molar-refractivity contribution in [2.45, 2.75) is 20.3 Å². The maximum absolute atomic E-state index is 12.5. The highest BCUT2D eigenvalue weighted by Crippen LogP contribution is 2.35. The summed E-state index contributed by atoms with van der Waals surface area (Å²) < 4.78 is 10.8. The Morgan fingerprint density at radius 2 is 1.97 bits per heavy atom. The monoisotopic (exact) mass is 466 g/mol. The number of methoxy groups -OCH3 is 2. The number of nitrogens with zero attached hydrogens (tertiary/aromatic N) is 1. The number of pyridine rings is 1. The average Bonchev–Trinajstić information content (AvgIpc) is 2.80. The van der Waals surface area contributed by atoms with Crippen molar-refractivity contribution in [3.63, 3.8) is 0 Å². The molecular formula is C25H27ClN4O3. The summed E-state index contributed by atoms with van der Waals surface area (Å²) in [7, 11) is 3.19. The van der Waals surface area contributed by atoms with Gasteiger partial charge in [0, 0.05) is 29.0 Å². The summed E-state index contributed by atoms with van der Waals surface area (Å²) in [4.78, 5) is 16.9. The highest BCUT2D eigenvalue weighted by molar-refractivity contribution is 6.32. The lowest BCUT2D eigenvalue weighted by Gasteiger charge is -2.15. The average molecular weight is 467 g/mol. The van der Waals surface area contributed by atoms with Gasteiger partial charge in [-0.25, -0.2) is 0 Å². The second-order valence-corrected chi connectivity index (χ2v) is 7.70. The second kappa shape index (κ2) is 10.7. The Morgan fingerprint density at radius 3 is 2.67 bits per heavy atom. The standard InChI is InChI=1S/C25H27ClN4O3/c1-5-16-12-19(27)22(14-18(16)26)30-24(31)9-8-20-21(7-6-10-28-20)29-17-11-15(2)25(33-4)23(13-17)32-3/h6-14,29H,5,27H2,1-4H3,(H,30,31)/b9-8+. The van der Waals surface area contributed by atoms with Crippen LogP contribution in [0, 0.1) is 6.92 Å². The van der Waals surface area contributed by atoms with Gasteiger partial charge >= 0.3 is 0 Å². The molecule has 7 nitrogen and oxygen atoms in total. The molecule has 3 aromatic rings. The van der Waals surface area contributed by atoms with Crippen LogP contribution < -0.4 is 25.8 Å². The van der Waals surface area contributed by atoms with Crippen molar-refractivity contribution in [2.24, 2.45) is 0 Å². The quantitative estimate of drug-likeness (QED) is 0.295. The van der Waals surface area contributed by atoms with Gasteiger partial charge in [-0.3, -0.25) is 9.78 Å². The van der Waals surface area contributed by atoms with E-state index in [-0.39, 0.29) is 5.91 Å². The van der Waals surface area contributed by atoms with Crippen LogP contribution in [0.4, 0.5) is 22.7 Å². The lowest BCUT2D eigenvalue weighted by Crippen LogP contribution is -2.10. The molecule has 3 rings (SSSR count). The van der Waals surface area contributed by atoms with Crippen molar-refractivity contribution < 1.29 is 14.3 Å². The van der Waals surface area contributed by atoms with E-state index in [1.54, 1.807) is 38.6 Å². The molecule has 0 saturated heterocycles.